The molecule has 150 valence electrons. The van der Waals surface area contributed by atoms with E-state index in [1.54, 1.807) is 6.07 Å². The van der Waals surface area contributed by atoms with Crippen molar-refractivity contribution in [2.24, 2.45) is 5.92 Å². The highest BCUT2D eigenvalue weighted by Gasteiger charge is 2.32. The van der Waals surface area contributed by atoms with Crippen molar-refractivity contribution in [1.29, 1.82) is 0 Å². The van der Waals surface area contributed by atoms with Gasteiger partial charge >= 0.3 is 0 Å². The van der Waals surface area contributed by atoms with E-state index in [0.717, 1.165) is 50.3 Å². The van der Waals surface area contributed by atoms with E-state index in [1.807, 2.05) is 6.07 Å². The number of hydrogen-bond donors (Lipinski definition) is 2. The number of anilines is 1. The van der Waals surface area contributed by atoms with E-state index in [4.69, 9.17) is 9.47 Å². The van der Waals surface area contributed by atoms with Crippen LogP contribution in [0.2, 0.25) is 0 Å². The number of benzene rings is 2. The lowest BCUT2D eigenvalue weighted by molar-refractivity contribution is -0.110. The van der Waals surface area contributed by atoms with E-state index < -0.39 is 0 Å². The van der Waals surface area contributed by atoms with Gasteiger partial charge in [-0.25, -0.2) is 4.39 Å². The lowest BCUT2D eigenvalue weighted by atomic mass is 9.98. The monoisotopic (exact) mass is 394 g/mol. The minimum atomic E-state index is -0.373. The van der Waals surface area contributed by atoms with E-state index in [2.05, 4.69) is 22.8 Å². The first-order chi connectivity index (χ1) is 14.2. The van der Waals surface area contributed by atoms with Crippen LogP contribution >= 0.6 is 0 Å². The van der Waals surface area contributed by atoms with Crippen molar-refractivity contribution >= 4 is 22.9 Å². The molecular formula is C23H23FN2O3. The number of fused-ring (bicyclic) bond motifs is 2. The molecule has 2 aromatic rings. The average Bonchev–Trinajstić information content (AvgIpc) is 3.28. The first-order valence-corrected chi connectivity index (χ1v) is 10.1. The van der Waals surface area contributed by atoms with Crippen molar-refractivity contribution < 1.29 is 18.7 Å². The van der Waals surface area contributed by atoms with Crippen molar-refractivity contribution in [3.63, 3.8) is 0 Å². The van der Waals surface area contributed by atoms with Crippen molar-refractivity contribution in [3.05, 3.63) is 64.5 Å². The van der Waals surface area contributed by atoms with Gasteiger partial charge in [0.2, 0.25) is 0 Å². The predicted octanol–water partition coefficient (Wildman–Crippen LogP) is 3.69. The molecular weight excluding hydrogens is 371 g/mol. The molecule has 2 aromatic carbocycles. The van der Waals surface area contributed by atoms with Gasteiger partial charge in [-0.15, -0.1) is 0 Å². The van der Waals surface area contributed by atoms with Crippen LogP contribution in [-0.2, 0) is 27.4 Å². The van der Waals surface area contributed by atoms with Gasteiger partial charge in [-0.05, 0) is 49.1 Å². The zero-order chi connectivity index (χ0) is 19.8. The number of halogens is 1. The van der Waals surface area contributed by atoms with Crippen LogP contribution < -0.4 is 10.6 Å². The summed E-state index contributed by atoms with van der Waals surface area (Å²) in [5, 5.41) is 6.33. The molecule has 0 aliphatic carbocycles. The van der Waals surface area contributed by atoms with Crippen molar-refractivity contribution in [2.75, 3.05) is 25.1 Å². The Hall–Kier alpha value is -2.70. The van der Waals surface area contributed by atoms with Crippen molar-refractivity contribution in [3.8, 4) is 0 Å². The third-order valence-corrected chi connectivity index (χ3v) is 5.84. The highest BCUT2D eigenvalue weighted by atomic mass is 19.1. The predicted molar refractivity (Wildman–Crippen MR) is 108 cm³/mol. The second-order valence-corrected chi connectivity index (χ2v) is 7.81. The van der Waals surface area contributed by atoms with Crippen LogP contribution in [0, 0.1) is 11.7 Å². The molecule has 0 unspecified atom stereocenters. The number of carbonyl (C=O) groups excluding carboxylic acids is 1. The SMILES string of the molecule is O=C1Nc2ccc(F)cc2/C1=C1\OCc2cc(CNCC3CCOCC3)ccc21. The van der Waals surface area contributed by atoms with Gasteiger partial charge < -0.3 is 20.1 Å². The molecule has 5 nitrogen and oxygen atoms in total. The van der Waals surface area contributed by atoms with Crippen LogP contribution in [0.15, 0.2) is 36.4 Å². The molecule has 6 heteroatoms. The number of amides is 1. The summed E-state index contributed by atoms with van der Waals surface area (Å²) in [6.07, 6.45) is 2.23. The van der Waals surface area contributed by atoms with Crippen LogP contribution in [0.1, 0.15) is 35.1 Å². The summed E-state index contributed by atoms with van der Waals surface area (Å²) in [6, 6.07) is 10.5. The fourth-order valence-electron chi connectivity index (χ4n) is 4.27. The summed E-state index contributed by atoms with van der Waals surface area (Å²) in [5.74, 6) is 0.584. The molecule has 0 saturated carbocycles. The molecule has 3 aliphatic heterocycles. The second kappa shape index (κ2) is 7.61. The van der Waals surface area contributed by atoms with Crippen LogP contribution in [0.5, 0.6) is 0 Å². The summed E-state index contributed by atoms with van der Waals surface area (Å²) in [7, 11) is 0. The minimum Gasteiger partial charge on any atom is -0.487 e. The van der Waals surface area contributed by atoms with Crippen LogP contribution in [-0.4, -0.2) is 25.7 Å². The quantitative estimate of drug-likeness (QED) is 0.777. The van der Waals surface area contributed by atoms with Gasteiger partial charge in [-0.2, -0.15) is 0 Å². The topological polar surface area (TPSA) is 59.6 Å². The standard InChI is InChI=1S/C23H23FN2O3/c24-17-2-4-20-19(10-17)21(23(27)26-20)22-18-3-1-15(9-16(18)13-29-22)12-25-11-14-5-7-28-8-6-14/h1-4,9-10,14,25H,5-8,11-13H2,(H,26,27)/b22-21+. The third kappa shape index (κ3) is 3.54. The summed E-state index contributed by atoms with van der Waals surface area (Å²) in [4.78, 5) is 12.5. The van der Waals surface area contributed by atoms with Crippen LogP contribution in [0.3, 0.4) is 0 Å². The van der Waals surface area contributed by atoms with Gasteiger partial charge in [0.15, 0.2) is 0 Å². The molecule has 1 saturated heterocycles. The molecule has 0 atom stereocenters. The smallest absolute Gasteiger partial charge is 0.260 e. The van der Waals surface area contributed by atoms with E-state index in [-0.39, 0.29) is 11.7 Å². The normalized spacial score (nSPS) is 20.9. The van der Waals surface area contributed by atoms with E-state index >= 15 is 0 Å². The lowest BCUT2D eigenvalue weighted by Gasteiger charge is -2.22. The van der Waals surface area contributed by atoms with Gasteiger partial charge in [0.1, 0.15) is 18.2 Å². The number of rotatable bonds is 4. The summed E-state index contributed by atoms with van der Waals surface area (Å²) >= 11 is 0. The van der Waals surface area contributed by atoms with Gasteiger partial charge in [-0.3, -0.25) is 4.79 Å². The van der Waals surface area contributed by atoms with Gasteiger partial charge in [-0.1, -0.05) is 18.2 Å². The molecule has 2 N–H and O–H groups in total. The number of ether oxygens (including phenoxy) is 2. The largest absolute Gasteiger partial charge is 0.487 e. The maximum Gasteiger partial charge on any atom is 0.260 e. The highest BCUT2D eigenvalue weighted by Crippen LogP contribution is 2.41. The Balaban J connectivity index is 1.35. The summed E-state index contributed by atoms with van der Waals surface area (Å²) in [5.41, 5.74) is 4.72. The number of hydrogen-bond acceptors (Lipinski definition) is 4. The number of nitrogens with one attached hydrogen (secondary N) is 2. The molecule has 1 fully saturated rings. The van der Waals surface area contributed by atoms with Crippen molar-refractivity contribution in [2.45, 2.75) is 26.0 Å². The summed E-state index contributed by atoms with van der Waals surface area (Å²) < 4.78 is 25.0. The summed E-state index contributed by atoms with van der Waals surface area (Å²) in [6.45, 7) is 3.93. The van der Waals surface area contributed by atoms with Crippen molar-refractivity contribution in [1.82, 2.24) is 5.32 Å². The molecule has 0 aromatic heterocycles. The van der Waals surface area contributed by atoms with E-state index in [1.165, 1.54) is 17.7 Å². The minimum absolute atomic E-state index is 0.254. The average molecular weight is 394 g/mol. The van der Waals surface area contributed by atoms with Gasteiger partial charge in [0.25, 0.3) is 5.91 Å². The Labute approximate surface area is 168 Å². The fraction of sp³-hybridized carbons (Fsp3) is 0.348. The molecule has 1 amide bonds. The third-order valence-electron chi connectivity index (χ3n) is 5.84. The van der Waals surface area contributed by atoms with E-state index in [0.29, 0.717) is 35.1 Å². The Kier molecular flexibility index (Phi) is 4.81. The lowest BCUT2D eigenvalue weighted by Crippen LogP contribution is -2.27. The van der Waals surface area contributed by atoms with Gasteiger partial charge in [0, 0.05) is 42.1 Å². The van der Waals surface area contributed by atoms with E-state index in [9.17, 15) is 9.18 Å². The highest BCUT2D eigenvalue weighted by molar-refractivity contribution is 6.36. The zero-order valence-corrected chi connectivity index (χ0v) is 16.1. The second-order valence-electron chi connectivity index (χ2n) is 7.81. The zero-order valence-electron chi connectivity index (χ0n) is 16.1. The molecule has 0 bridgehead atoms. The maximum absolute atomic E-state index is 13.7. The Morgan fingerprint density at radius 3 is 2.83 bits per heavy atom. The van der Waals surface area contributed by atoms with Crippen LogP contribution in [0.25, 0.3) is 11.3 Å². The molecule has 3 aliphatic rings. The van der Waals surface area contributed by atoms with Crippen LogP contribution in [0.4, 0.5) is 10.1 Å². The Bertz CT molecular complexity index is 996. The first kappa shape index (κ1) is 18.3. The molecule has 29 heavy (non-hydrogen) atoms. The molecule has 0 radical (unpaired) electrons. The fourth-order valence-corrected chi connectivity index (χ4v) is 4.27. The first-order valence-electron chi connectivity index (χ1n) is 10.1. The molecule has 3 heterocycles. The number of carbonyl (C=O) groups is 1. The van der Waals surface area contributed by atoms with Gasteiger partial charge in [0.05, 0.1) is 5.57 Å². The molecule has 5 rings (SSSR count). The Morgan fingerprint density at radius 1 is 1.10 bits per heavy atom. The molecule has 0 spiro atoms. The Morgan fingerprint density at radius 2 is 1.97 bits per heavy atom. The maximum atomic E-state index is 13.7.